The third-order valence-corrected chi connectivity index (χ3v) is 5.86. The lowest BCUT2D eigenvalue weighted by molar-refractivity contribution is 0.0899. The Bertz CT molecular complexity index is 1500. The molecule has 0 saturated heterocycles. The van der Waals surface area contributed by atoms with Gasteiger partial charge in [-0.15, -0.1) is 0 Å². The van der Waals surface area contributed by atoms with Crippen molar-refractivity contribution in [1.82, 2.24) is 14.8 Å². The molecule has 0 atom stereocenters. The van der Waals surface area contributed by atoms with Crippen LogP contribution in [0.2, 0.25) is 0 Å². The van der Waals surface area contributed by atoms with Crippen molar-refractivity contribution in [1.29, 1.82) is 0 Å². The number of rotatable bonds is 7. The molecule has 2 aromatic heterocycles. The number of pyridine rings is 1. The molecule has 0 unspecified atom stereocenters. The number of amides is 1. The van der Waals surface area contributed by atoms with E-state index in [1.54, 1.807) is 48.7 Å². The van der Waals surface area contributed by atoms with Gasteiger partial charge in [0.25, 0.3) is 11.8 Å². The fraction of sp³-hybridized carbons (Fsp3) is 0.259. The van der Waals surface area contributed by atoms with Crippen LogP contribution in [0, 0.1) is 0 Å². The Balaban J connectivity index is 1.62. The maximum Gasteiger partial charge on any atom is 0.253 e. The zero-order valence-electron chi connectivity index (χ0n) is 21.4. The van der Waals surface area contributed by atoms with Crippen LogP contribution in [0.3, 0.4) is 0 Å². The highest BCUT2D eigenvalue weighted by molar-refractivity contribution is 6.01. The van der Waals surface area contributed by atoms with E-state index in [4.69, 9.17) is 25.7 Å². The highest BCUT2D eigenvalue weighted by Crippen LogP contribution is 2.35. The number of carbonyl (C=O) groups excluding carboxylic acids is 2. The lowest BCUT2D eigenvalue weighted by atomic mass is 9.92. The van der Waals surface area contributed by atoms with E-state index in [1.807, 2.05) is 20.8 Å². The van der Waals surface area contributed by atoms with Crippen molar-refractivity contribution in [3.8, 4) is 23.0 Å². The Kier molecular flexibility index (Phi) is 6.76. The number of ether oxygens (including phenoxy) is 3. The number of primary amides is 1. The highest BCUT2D eigenvalue weighted by Gasteiger charge is 2.22. The van der Waals surface area contributed by atoms with Crippen molar-refractivity contribution in [2.45, 2.75) is 32.6 Å². The van der Waals surface area contributed by atoms with Crippen LogP contribution in [0.25, 0.3) is 10.9 Å². The molecule has 0 radical (unpaired) electrons. The number of methoxy groups -OCH3 is 2. The van der Waals surface area contributed by atoms with Gasteiger partial charge in [-0.3, -0.25) is 14.6 Å². The standard InChI is InChI=1S/C27H29N5O5/c1-27(2,3)23-14-24(28)32(31-23)25(33)10-15-6-7-16(11-21(15)35-4)37-20-8-9-30-19-13-22(36-5)18(26(29)34)12-17(19)20/h6-9,11-14H,10,28H2,1-5H3,(H2,29,34). The Labute approximate surface area is 214 Å². The molecule has 2 heterocycles. The lowest BCUT2D eigenvalue weighted by Crippen LogP contribution is -2.19. The number of fused-ring (bicyclic) bond motifs is 1. The van der Waals surface area contributed by atoms with Crippen LogP contribution < -0.4 is 25.7 Å². The van der Waals surface area contributed by atoms with Crippen molar-refractivity contribution >= 4 is 28.5 Å². The van der Waals surface area contributed by atoms with Gasteiger partial charge in [0.15, 0.2) is 0 Å². The van der Waals surface area contributed by atoms with Crippen molar-refractivity contribution in [2.75, 3.05) is 20.0 Å². The van der Waals surface area contributed by atoms with Crippen LogP contribution in [0.5, 0.6) is 23.0 Å². The molecule has 10 heteroatoms. The normalized spacial score (nSPS) is 11.4. The predicted molar refractivity (Wildman–Crippen MR) is 140 cm³/mol. The van der Waals surface area contributed by atoms with E-state index in [-0.39, 0.29) is 29.1 Å². The molecule has 4 rings (SSSR count). The van der Waals surface area contributed by atoms with E-state index in [0.717, 1.165) is 5.69 Å². The molecule has 0 spiro atoms. The SMILES string of the molecule is COc1cc(Oc2ccnc3cc(OC)c(C(N)=O)cc23)ccc1CC(=O)n1nc(C(C)(C)C)cc1N. The molecule has 4 N–H and O–H groups in total. The molecule has 0 fully saturated rings. The summed E-state index contributed by atoms with van der Waals surface area (Å²) in [5.74, 6) is 1.08. The summed E-state index contributed by atoms with van der Waals surface area (Å²) < 4.78 is 18.1. The molecular weight excluding hydrogens is 474 g/mol. The average molecular weight is 504 g/mol. The maximum atomic E-state index is 13.0. The summed E-state index contributed by atoms with van der Waals surface area (Å²) in [6, 6.07) is 11.8. The van der Waals surface area contributed by atoms with E-state index in [1.165, 1.54) is 18.9 Å². The number of anilines is 1. The van der Waals surface area contributed by atoms with Gasteiger partial charge in [-0.1, -0.05) is 26.8 Å². The van der Waals surface area contributed by atoms with Gasteiger partial charge in [0.2, 0.25) is 0 Å². The van der Waals surface area contributed by atoms with Gasteiger partial charge in [-0.05, 0) is 18.2 Å². The summed E-state index contributed by atoms with van der Waals surface area (Å²) in [6.45, 7) is 6.01. The molecule has 0 saturated carbocycles. The van der Waals surface area contributed by atoms with E-state index >= 15 is 0 Å². The molecule has 0 aliphatic heterocycles. The summed E-state index contributed by atoms with van der Waals surface area (Å²) in [4.78, 5) is 29.2. The van der Waals surface area contributed by atoms with Crippen molar-refractivity contribution in [3.63, 3.8) is 0 Å². The van der Waals surface area contributed by atoms with Crippen molar-refractivity contribution in [2.24, 2.45) is 5.73 Å². The molecule has 37 heavy (non-hydrogen) atoms. The molecule has 10 nitrogen and oxygen atoms in total. The average Bonchev–Trinajstić information content (AvgIpc) is 3.26. The molecule has 2 aromatic carbocycles. The third-order valence-electron chi connectivity index (χ3n) is 5.86. The first-order valence-corrected chi connectivity index (χ1v) is 11.5. The number of benzene rings is 2. The Hall–Kier alpha value is -4.60. The zero-order chi connectivity index (χ0) is 26.9. The number of nitrogens with zero attached hydrogens (tertiary/aromatic N) is 3. The second-order valence-corrected chi connectivity index (χ2v) is 9.51. The van der Waals surface area contributed by atoms with Crippen molar-refractivity contribution < 1.29 is 23.8 Å². The summed E-state index contributed by atoms with van der Waals surface area (Å²) in [7, 11) is 2.97. The van der Waals surface area contributed by atoms with Crippen LogP contribution in [-0.4, -0.2) is 40.8 Å². The van der Waals surface area contributed by atoms with Gasteiger partial charge in [0.1, 0.15) is 28.8 Å². The predicted octanol–water partition coefficient (Wildman–Crippen LogP) is 4.10. The molecule has 0 aliphatic rings. The molecule has 0 bridgehead atoms. The van der Waals surface area contributed by atoms with Gasteiger partial charge in [-0.2, -0.15) is 9.78 Å². The first-order chi connectivity index (χ1) is 17.5. The van der Waals surface area contributed by atoms with Crippen LogP contribution in [0.1, 0.15) is 47.2 Å². The fourth-order valence-electron chi connectivity index (χ4n) is 3.86. The Morgan fingerprint density at radius 1 is 0.973 bits per heavy atom. The second kappa shape index (κ2) is 9.81. The monoisotopic (exact) mass is 503 g/mol. The van der Waals surface area contributed by atoms with Crippen LogP contribution in [-0.2, 0) is 11.8 Å². The second-order valence-electron chi connectivity index (χ2n) is 9.51. The number of nitrogens with two attached hydrogens (primary N) is 2. The number of hydrogen-bond donors (Lipinski definition) is 2. The first kappa shape index (κ1) is 25.5. The Morgan fingerprint density at radius 3 is 2.32 bits per heavy atom. The number of carbonyl (C=O) groups is 2. The van der Waals surface area contributed by atoms with Gasteiger partial charge >= 0.3 is 0 Å². The van der Waals surface area contributed by atoms with Crippen molar-refractivity contribution in [3.05, 3.63) is 65.5 Å². The highest BCUT2D eigenvalue weighted by atomic mass is 16.5. The molecular formula is C27H29N5O5. The summed E-state index contributed by atoms with van der Waals surface area (Å²) in [5, 5.41) is 4.98. The number of hydrogen-bond acceptors (Lipinski definition) is 8. The van der Waals surface area contributed by atoms with Gasteiger partial charge in [0.05, 0.1) is 37.4 Å². The smallest absolute Gasteiger partial charge is 0.253 e. The van der Waals surface area contributed by atoms with Crippen LogP contribution in [0.4, 0.5) is 5.82 Å². The van der Waals surface area contributed by atoms with Crippen LogP contribution in [0.15, 0.2) is 48.7 Å². The number of nitrogen functional groups attached to an aromatic ring is 1. The van der Waals surface area contributed by atoms with Crippen LogP contribution >= 0.6 is 0 Å². The third kappa shape index (κ3) is 5.18. The minimum atomic E-state index is -0.628. The first-order valence-electron chi connectivity index (χ1n) is 11.5. The quantitative estimate of drug-likeness (QED) is 0.383. The molecule has 1 amide bonds. The minimum absolute atomic E-state index is 0.0267. The van der Waals surface area contributed by atoms with Gasteiger partial charge in [0, 0.05) is 40.8 Å². The molecule has 192 valence electrons. The molecule has 4 aromatic rings. The molecule has 0 aliphatic carbocycles. The minimum Gasteiger partial charge on any atom is -0.496 e. The number of aromatic nitrogens is 3. The summed E-state index contributed by atoms with van der Waals surface area (Å²) in [5.41, 5.74) is 13.5. The van der Waals surface area contributed by atoms with E-state index in [9.17, 15) is 9.59 Å². The largest absolute Gasteiger partial charge is 0.496 e. The summed E-state index contributed by atoms with van der Waals surface area (Å²) >= 11 is 0. The maximum absolute atomic E-state index is 13.0. The lowest BCUT2D eigenvalue weighted by Gasteiger charge is -2.14. The summed E-state index contributed by atoms with van der Waals surface area (Å²) in [6.07, 6.45) is 1.62. The van der Waals surface area contributed by atoms with Gasteiger partial charge < -0.3 is 25.7 Å². The van der Waals surface area contributed by atoms with E-state index < -0.39 is 5.91 Å². The van der Waals surface area contributed by atoms with E-state index in [0.29, 0.717) is 39.5 Å². The zero-order valence-corrected chi connectivity index (χ0v) is 21.4. The van der Waals surface area contributed by atoms with Gasteiger partial charge in [-0.25, -0.2) is 0 Å². The Morgan fingerprint density at radius 2 is 1.70 bits per heavy atom. The fourth-order valence-corrected chi connectivity index (χ4v) is 3.86. The topological polar surface area (TPSA) is 145 Å². The van der Waals surface area contributed by atoms with E-state index in [2.05, 4.69) is 10.1 Å².